The van der Waals surface area contributed by atoms with Crippen molar-refractivity contribution in [2.45, 2.75) is 50.1 Å². The lowest BCUT2D eigenvalue weighted by Gasteiger charge is -2.38. The summed E-state index contributed by atoms with van der Waals surface area (Å²) >= 11 is 0. The van der Waals surface area contributed by atoms with Crippen molar-refractivity contribution in [3.63, 3.8) is 0 Å². The Hall–Kier alpha value is -0.980. The molecule has 2 rings (SSSR count). The molecule has 6 heteroatoms. The minimum Gasteiger partial charge on any atom is -0.313 e. The number of halogens is 1. The predicted molar refractivity (Wildman–Crippen MR) is 81.1 cm³/mol. The molecule has 1 saturated heterocycles. The van der Waals surface area contributed by atoms with Gasteiger partial charge in [0.05, 0.1) is 4.90 Å². The third-order valence-electron chi connectivity index (χ3n) is 4.00. The second-order valence-electron chi connectivity index (χ2n) is 5.48. The molecule has 0 saturated carbocycles. The van der Waals surface area contributed by atoms with E-state index in [4.69, 9.17) is 0 Å². The predicted octanol–water partition coefficient (Wildman–Crippen LogP) is 2.37. The van der Waals surface area contributed by atoms with E-state index in [-0.39, 0.29) is 17.0 Å². The Bertz CT molecular complexity index is 577. The second-order valence-corrected chi connectivity index (χ2v) is 7.37. The van der Waals surface area contributed by atoms with Crippen molar-refractivity contribution < 1.29 is 12.8 Å². The highest BCUT2D eigenvalue weighted by atomic mass is 32.2. The van der Waals surface area contributed by atoms with E-state index in [9.17, 15) is 12.8 Å². The lowest BCUT2D eigenvalue weighted by atomic mass is 9.99. The van der Waals surface area contributed by atoms with E-state index in [0.717, 1.165) is 31.9 Å². The van der Waals surface area contributed by atoms with E-state index in [0.29, 0.717) is 6.54 Å². The standard InChI is InChI=1S/C15H23FN2O2S/c1-3-17-12(2)15-9-4-5-10-18(15)21(19,20)14-8-6-7-13(16)11-14/h6-8,11-12,15,17H,3-5,9-10H2,1-2H3. The smallest absolute Gasteiger partial charge is 0.243 e. The summed E-state index contributed by atoms with van der Waals surface area (Å²) in [6, 6.07) is 5.26. The molecule has 1 aliphatic heterocycles. The summed E-state index contributed by atoms with van der Waals surface area (Å²) in [4.78, 5) is 0.0399. The molecule has 2 unspecified atom stereocenters. The van der Waals surface area contributed by atoms with Crippen molar-refractivity contribution in [1.82, 2.24) is 9.62 Å². The number of hydrogen-bond donors (Lipinski definition) is 1. The lowest BCUT2D eigenvalue weighted by Crippen LogP contribution is -2.53. The monoisotopic (exact) mass is 314 g/mol. The Balaban J connectivity index is 2.31. The van der Waals surface area contributed by atoms with Gasteiger partial charge in [-0.3, -0.25) is 0 Å². The van der Waals surface area contributed by atoms with Crippen LogP contribution in [-0.4, -0.2) is 37.9 Å². The maximum atomic E-state index is 13.3. The minimum atomic E-state index is -3.64. The van der Waals surface area contributed by atoms with Gasteiger partial charge in [-0.25, -0.2) is 12.8 Å². The average Bonchev–Trinajstić information content (AvgIpc) is 2.47. The number of rotatable bonds is 5. The Kier molecular flexibility index (Phi) is 5.35. The van der Waals surface area contributed by atoms with E-state index >= 15 is 0 Å². The number of hydrogen-bond acceptors (Lipinski definition) is 3. The third-order valence-corrected chi connectivity index (χ3v) is 5.92. The van der Waals surface area contributed by atoms with Gasteiger partial charge in [-0.1, -0.05) is 19.4 Å². The largest absolute Gasteiger partial charge is 0.313 e. The molecular formula is C15H23FN2O2S. The average molecular weight is 314 g/mol. The molecule has 1 aromatic carbocycles. The van der Waals surface area contributed by atoms with Crippen LogP contribution < -0.4 is 5.32 Å². The van der Waals surface area contributed by atoms with Crippen molar-refractivity contribution in [1.29, 1.82) is 0 Å². The summed E-state index contributed by atoms with van der Waals surface area (Å²) < 4.78 is 40.5. The van der Waals surface area contributed by atoms with E-state index < -0.39 is 15.8 Å². The molecule has 118 valence electrons. The molecular weight excluding hydrogens is 291 g/mol. The highest BCUT2D eigenvalue weighted by molar-refractivity contribution is 7.89. The number of piperidine rings is 1. The molecule has 0 bridgehead atoms. The molecule has 0 spiro atoms. The molecule has 4 nitrogen and oxygen atoms in total. The van der Waals surface area contributed by atoms with E-state index in [1.54, 1.807) is 4.31 Å². The van der Waals surface area contributed by atoms with Gasteiger partial charge in [0.15, 0.2) is 0 Å². The number of benzene rings is 1. The highest BCUT2D eigenvalue weighted by Gasteiger charge is 2.36. The molecule has 1 aliphatic rings. The van der Waals surface area contributed by atoms with Gasteiger partial charge >= 0.3 is 0 Å². The minimum absolute atomic E-state index is 0.0399. The third kappa shape index (κ3) is 3.62. The van der Waals surface area contributed by atoms with Crippen LogP contribution >= 0.6 is 0 Å². The molecule has 1 fully saturated rings. The van der Waals surface area contributed by atoms with Gasteiger partial charge in [0.25, 0.3) is 0 Å². The zero-order valence-corrected chi connectivity index (χ0v) is 13.4. The number of nitrogens with one attached hydrogen (secondary N) is 1. The van der Waals surface area contributed by atoms with E-state index in [1.165, 1.54) is 18.2 Å². The van der Waals surface area contributed by atoms with Gasteiger partial charge in [0.2, 0.25) is 10.0 Å². The van der Waals surface area contributed by atoms with Crippen LogP contribution in [0.3, 0.4) is 0 Å². The Labute approximate surface area is 126 Å². The topological polar surface area (TPSA) is 49.4 Å². The second kappa shape index (κ2) is 6.85. The zero-order valence-electron chi connectivity index (χ0n) is 12.5. The number of likely N-dealkylation sites (N-methyl/N-ethyl adjacent to an activating group) is 1. The summed E-state index contributed by atoms with van der Waals surface area (Å²) in [6.45, 7) is 5.31. The van der Waals surface area contributed by atoms with Gasteiger partial charge in [0.1, 0.15) is 5.82 Å². The van der Waals surface area contributed by atoms with Crippen LogP contribution in [0.4, 0.5) is 4.39 Å². The maximum Gasteiger partial charge on any atom is 0.243 e. The van der Waals surface area contributed by atoms with Crippen LogP contribution in [0, 0.1) is 5.82 Å². The first-order chi connectivity index (χ1) is 9.96. The van der Waals surface area contributed by atoms with Crippen LogP contribution in [0.2, 0.25) is 0 Å². The molecule has 1 aromatic rings. The van der Waals surface area contributed by atoms with Crippen LogP contribution in [-0.2, 0) is 10.0 Å². The summed E-state index contributed by atoms with van der Waals surface area (Å²) in [5.74, 6) is -0.524. The van der Waals surface area contributed by atoms with Crippen molar-refractivity contribution in [2.24, 2.45) is 0 Å². The summed E-state index contributed by atoms with van der Waals surface area (Å²) in [5, 5.41) is 3.30. The molecule has 0 amide bonds. The Morgan fingerprint density at radius 2 is 2.19 bits per heavy atom. The number of nitrogens with zero attached hydrogens (tertiary/aromatic N) is 1. The molecule has 0 aliphatic carbocycles. The van der Waals surface area contributed by atoms with Crippen LogP contribution in [0.5, 0.6) is 0 Å². The SMILES string of the molecule is CCNC(C)C1CCCCN1S(=O)(=O)c1cccc(F)c1. The first kappa shape index (κ1) is 16.4. The maximum absolute atomic E-state index is 13.3. The number of sulfonamides is 1. The fourth-order valence-corrected chi connectivity index (χ4v) is 4.75. The summed E-state index contributed by atoms with van der Waals surface area (Å²) in [5.41, 5.74) is 0. The van der Waals surface area contributed by atoms with Crippen LogP contribution in [0.1, 0.15) is 33.1 Å². The van der Waals surface area contributed by atoms with Gasteiger partial charge in [-0.15, -0.1) is 0 Å². The van der Waals surface area contributed by atoms with Crippen molar-refractivity contribution in [2.75, 3.05) is 13.1 Å². The van der Waals surface area contributed by atoms with E-state index in [1.807, 2.05) is 13.8 Å². The van der Waals surface area contributed by atoms with Gasteiger partial charge in [0, 0.05) is 18.6 Å². The van der Waals surface area contributed by atoms with Crippen molar-refractivity contribution in [3.8, 4) is 0 Å². The first-order valence-corrected chi connectivity index (χ1v) is 8.91. The molecule has 1 N–H and O–H groups in total. The Morgan fingerprint density at radius 3 is 2.86 bits per heavy atom. The van der Waals surface area contributed by atoms with Crippen molar-refractivity contribution >= 4 is 10.0 Å². The summed E-state index contributed by atoms with van der Waals surface area (Å²) in [7, 11) is -3.64. The molecule has 0 aromatic heterocycles. The fraction of sp³-hybridized carbons (Fsp3) is 0.600. The van der Waals surface area contributed by atoms with E-state index in [2.05, 4.69) is 5.32 Å². The molecule has 21 heavy (non-hydrogen) atoms. The molecule has 1 heterocycles. The quantitative estimate of drug-likeness (QED) is 0.908. The first-order valence-electron chi connectivity index (χ1n) is 7.47. The zero-order chi connectivity index (χ0) is 15.5. The fourth-order valence-electron chi connectivity index (χ4n) is 2.95. The normalized spacial score (nSPS) is 22.1. The van der Waals surface area contributed by atoms with Gasteiger partial charge in [-0.2, -0.15) is 4.31 Å². The van der Waals surface area contributed by atoms with Crippen LogP contribution in [0.15, 0.2) is 29.2 Å². The van der Waals surface area contributed by atoms with Crippen LogP contribution in [0.25, 0.3) is 0 Å². The Morgan fingerprint density at radius 1 is 1.43 bits per heavy atom. The molecule has 2 atom stereocenters. The summed E-state index contributed by atoms with van der Waals surface area (Å²) in [6.07, 6.45) is 2.71. The van der Waals surface area contributed by atoms with Gasteiger partial charge < -0.3 is 5.32 Å². The highest BCUT2D eigenvalue weighted by Crippen LogP contribution is 2.27. The lowest BCUT2D eigenvalue weighted by molar-refractivity contribution is 0.210. The molecule has 0 radical (unpaired) electrons. The van der Waals surface area contributed by atoms with Gasteiger partial charge in [-0.05, 0) is 44.5 Å². The van der Waals surface area contributed by atoms with Crippen molar-refractivity contribution in [3.05, 3.63) is 30.1 Å².